The van der Waals surface area contributed by atoms with Gasteiger partial charge >= 0.3 is 0 Å². The molecule has 3 heterocycles. The number of aromatic nitrogens is 1. The summed E-state index contributed by atoms with van der Waals surface area (Å²) in [6, 6.07) is 11.4. The van der Waals surface area contributed by atoms with Gasteiger partial charge < -0.3 is 4.74 Å². The molecule has 2 nitrogen and oxygen atoms in total. The number of pyridine rings is 1. The van der Waals surface area contributed by atoms with Crippen molar-refractivity contribution >= 4 is 32.2 Å². The van der Waals surface area contributed by atoms with Gasteiger partial charge in [-0.2, -0.15) is 0 Å². The van der Waals surface area contributed by atoms with E-state index in [1.165, 1.54) is 75.3 Å². The second-order valence-electron chi connectivity index (χ2n) is 8.50. The van der Waals surface area contributed by atoms with Crippen LogP contribution in [0.1, 0.15) is 36.8 Å². The first-order chi connectivity index (χ1) is 13.7. The predicted octanol–water partition coefficient (Wildman–Crippen LogP) is 6.69. The van der Waals surface area contributed by atoms with Gasteiger partial charge in [-0.1, -0.05) is 31.7 Å². The molecule has 2 aromatic heterocycles. The average Bonchev–Trinajstić information content (AvgIpc) is 3.35. The van der Waals surface area contributed by atoms with Crippen molar-refractivity contribution in [2.75, 3.05) is 0 Å². The van der Waals surface area contributed by atoms with E-state index in [-0.39, 0.29) is 0 Å². The van der Waals surface area contributed by atoms with Crippen LogP contribution >= 0.6 is 11.3 Å². The van der Waals surface area contributed by atoms with Crippen molar-refractivity contribution in [2.24, 2.45) is 13.0 Å². The smallest absolute Gasteiger partial charge is 0.228 e. The number of aryl methyl sites for hydroxylation is 2. The van der Waals surface area contributed by atoms with Gasteiger partial charge in [0.25, 0.3) is 0 Å². The van der Waals surface area contributed by atoms with Gasteiger partial charge in [0.05, 0.1) is 10.9 Å². The number of hydrogen-bond acceptors (Lipinski definition) is 2. The zero-order valence-corrected chi connectivity index (χ0v) is 17.2. The third-order valence-electron chi connectivity index (χ3n) is 6.70. The van der Waals surface area contributed by atoms with Crippen molar-refractivity contribution in [1.29, 1.82) is 0 Å². The molecule has 3 heteroatoms. The molecule has 140 valence electrons. The Labute approximate surface area is 169 Å². The molecule has 6 rings (SSSR count). The number of fused-ring (bicyclic) bond motifs is 3. The first kappa shape index (κ1) is 16.6. The van der Waals surface area contributed by atoms with E-state index in [1.54, 1.807) is 11.3 Å². The molecule has 0 unspecified atom stereocenters. The molecule has 4 aromatic rings. The lowest BCUT2D eigenvalue weighted by atomic mass is 9.91. The molecule has 0 radical (unpaired) electrons. The number of benzene rings is 2. The Bertz CT molecular complexity index is 1250. The van der Waals surface area contributed by atoms with Crippen LogP contribution in [0, 0.1) is 12.8 Å². The molecule has 0 saturated heterocycles. The Hall–Kier alpha value is -2.39. The molecule has 0 amide bonds. The van der Waals surface area contributed by atoms with Gasteiger partial charge in [-0.25, -0.2) is 4.57 Å². The SMILES string of the molecule is Cc1c2c(cc3sccc13)Oc1cc(CC3CCCC3)cc3cc[n+](C)c-2c13. The summed E-state index contributed by atoms with van der Waals surface area (Å²) < 4.78 is 10.1. The van der Waals surface area contributed by atoms with Crippen LogP contribution in [0.5, 0.6) is 11.5 Å². The maximum absolute atomic E-state index is 6.56. The summed E-state index contributed by atoms with van der Waals surface area (Å²) in [5.74, 6) is 2.87. The summed E-state index contributed by atoms with van der Waals surface area (Å²) in [6.07, 6.45) is 8.92. The largest absolute Gasteiger partial charge is 0.455 e. The van der Waals surface area contributed by atoms with Crippen molar-refractivity contribution in [2.45, 2.75) is 39.0 Å². The number of nitrogens with zero attached hydrogens (tertiary/aromatic N) is 1. The van der Waals surface area contributed by atoms with Crippen LogP contribution in [-0.4, -0.2) is 0 Å². The van der Waals surface area contributed by atoms with Gasteiger partial charge in [0.15, 0.2) is 6.20 Å². The van der Waals surface area contributed by atoms with Crippen LogP contribution in [0.3, 0.4) is 0 Å². The van der Waals surface area contributed by atoms with Crippen LogP contribution < -0.4 is 9.30 Å². The molecule has 2 aromatic carbocycles. The van der Waals surface area contributed by atoms with E-state index >= 15 is 0 Å². The average molecular weight is 387 g/mol. The van der Waals surface area contributed by atoms with Crippen LogP contribution in [0.4, 0.5) is 0 Å². The van der Waals surface area contributed by atoms with Crippen molar-refractivity contribution < 1.29 is 9.30 Å². The van der Waals surface area contributed by atoms with E-state index < -0.39 is 0 Å². The third-order valence-corrected chi connectivity index (χ3v) is 7.56. The number of thiophene rings is 1. The van der Waals surface area contributed by atoms with Crippen LogP contribution in [-0.2, 0) is 13.5 Å². The quantitative estimate of drug-likeness (QED) is 0.308. The fourth-order valence-corrected chi connectivity index (χ4v) is 6.19. The topological polar surface area (TPSA) is 13.1 Å². The molecule has 1 fully saturated rings. The first-order valence-electron chi connectivity index (χ1n) is 10.3. The minimum Gasteiger partial charge on any atom is -0.455 e. The van der Waals surface area contributed by atoms with Crippen molar-refractivity contribution in [3.8, 4) is 22.8 Å². The standard InChI is InChI=1S/C25H24NOS/c1-15-19-8-10-28-22(19)14-21-23(15)25-24-18(7-9-26(25)2)12-17(13-20(24)27-21)11-16-5-3-4-6-16/h7-10,12-14,16H,3-6,11H2,1-2H3/q+1. The molecule has 28 heavy (non-hydrogen) atoms. The Balaban J connectivity index is 1.61. The molecule has 1 aliphatic carbocycles. The summed E-state index contributed by atoms with van der Waals surface area (Å²) in [5.41, 5.74) is 5.27. The Morgan fingerprint density at radius 3 is 2.82 bits per heavy atom. The fourth-order valence-electron chi connectivity index (χ4n) is 5.32. The number of hydrogen-bond donors (Lipinski definition) is 0. The fraction of sp³-hybridized carbons (Fsp3) is 0.320. The summed E-state index contributed by atoms with van der Waals surface area (Å²) in [7, 11) is 2.15. The summed E-state index contributed by atoms with van der Waals surface area (Å²) >= 11 is 1.79. The molecule has 0 spiro atoms. The molecule has 0 N–H and O–H groups in total. The molecule has 0 bridgehead atoms. The minimum atomic E-state index is 0.841. The third kappa shape index (κ3) is 2.35. The van der Waals surface area contributed by atoms with Crippen molar-refractivity contribution in [3.63, 3.8) is 0 Å². The maximum Gasteiger partial charge on any atom is 0.228 e. The lowest BCUT2D eigenvalue weighted by molar-refractivity contribution is -0.659. The van der Waals surface area contributed by atoms with Crippen LogP contribution in [0.15, 0.2) is 41.9 Å². The normalized spacial score (nSPS) is 15.9. The van der Waals surface area contributed by atoms with Crippen molar-refractivity contribution in [3.05, 3.63) is 53.0 Å². The van der Waals surface area contributed by atoms with E-state index in [2.05, 4.69) is 60.4 Å². The lowest BCUT2D eigenvalue weighted by Crippen LogP contribution is -2.31. The van der Waals surface area contributed by atoms with E-state index in [9.17, 15) is 0 Å². The van der Waals surface area contributed by atoms with E-state index in [1.807, 2.05) is 0 Å². The van der Waals surface area contributed by atoms with E-state index in [4.69, 9.17) is 4.74 Å². The molecular weight excluding hydrogens is 362 g/mol. The van der Waals surface area contributed by atoms with Crippen LogP contribution in [0.25, 0.3) is 32.1 Å². The zero-order chi connectivity index (χ0) is 18.8. The second-order valence-corrected chi connectivity index (χ2v) is 9.44. The highest BCUT2D eigenvalue weighted by atomic mass is 32.1. The van der Waals surface area contributed by atoms with Crippen molar-refractivity contribution in [1.82, 2.24) is 0 Å². The molecule has 0 atom stereocenters. The summed E-state index contributed by atoms with van der Waals surface area (Å²) in [4.78, 5) is 0. The first-order valence-corrected chi connectivity index (χ1v) is 11.2. The van der Waals surface area contributed by atoms with E-state index in [0.717, 1.165) is 17.4 Å². The molecule has 1 aliphatic heterocycles. The minimum absolute atomic E-state index is 0.841. The lowest BCUT2D eigenvalue weighted by Gasteiger charge is -2.22. The van der Waals surface area contributed by atoms with Gasteiger partial charge in [0, 0.05) is 10.8 Å². The van der Waals surface area contributed by atoms with Gasteiger partial charge in [0.2, 0.25) is 5.69 Å². The van der Waals surface area contributed by atoms with E-state index in [0.29, 0.717) is 0 Å². The number of ether oxygens (including phenoxy) is 1. The molecular formula is C25H24NOS+. The Morgan fingerprint density at radius 2 is 1.96 bits per heavy atom. The Morgan fingerprint density at radius 1 is 1.11 bits per heavy atom. The monoisotopic (exact) mass is 386 g/mol. The summed E-state index contributed by atoms with van der Waals surface area (Å²) in [5, 5.41) is 6.07. The highest BCUT2D eigenvalue weighted by Gasteiger charge is 2.31. The van der Waals surface area contributed by atoms with Gasteiger partial charge in [0.1, 0.15) is 18.5 Å². The zero-order valence-electron chi connectivity index (χ0n) is 16.4. The van der Waals surface area contributed by atoms with Gasteiger partial charge in [-0.3, -0.25) is 0 Å². The highest BCUT2D eigenvalue weighted by Crippen LogP contribution is 2.49. The predicted molar refractivity (Wildman–Crippen MR) is 116 cm³/mol. The summed E-state index contributed by atoms with van der Waals surface area (Å²) in [6.45, 7) is 2.23. The maximum atomic E-state index is 6.56. The van der Waals surface area contributed by atoms with Gasteiger partial charge in [-0.05, 0) is 64.7 Å². The number of rotatable bonds is 2. The van der Waals surface area contributed by atoms with Crippen LogP contribution in [0.2, 0.25) is 0 Å². The molecule has 1 saturated carbocycles. The molecule has 2 aliphatic rings. The second kappa shape index (κ2) is 6.05. The Kier molecular flexibility index (Phi) is 3.58. The highest BCUT2D eigenvalue weighted by molar-refractivity contribution is 7.17. The van der Waals surface area contributed by atoms with Gasteiger partial charge in [-0.15, -0.1) is 11.3 Å².